The van der Waals surface area contributed by atoms with Gasteiger partial charge in [0.15, 0.2) is 0 Å². The molecule has 0 radical (unpaired) electrons. The summed E-state index contributed by atoms with van der Waals surface area (Å²) in [5.74, 6) is 1.04. The van der Waals surface area contributed by atoms with Crippen molar-refractivity contribution in [2.45, 2.75) is 26.2 Å². The standard InChI is InChI=1S/C17H21N3O2/c1-12-8-17(22-20-12)19-16(21)10-14-4-2-13(3-5-14)9-15-6-7-18-11-15/h2-5,8,15,18H,6-7,9-11H2,1H3,(H,19,21). The summed E-state index contributed by atoms with van der Waals surface area (Å²) in [5, 5.41) is 9.84. The molecule has 0 spiro atoms. The Labute approximate surface area is 130 Å². The van der Waals surface area contributed by atoms with Gasteiger partial charge in [0.1, 0.15) is 0 Å². The first kappa shape index (κ1) is 14.8. The van der Waals surface area contributed by atoms with E-state index in [-0.39, 0.29) is 5.91 Å². The van der Waals surface area contributed by atoms with Crippen LogP contribution in [0.15, 0.2) is 34.9 Å². The zero-order valence-electron chi connectivity index (χ0n) is 12.8. The molecule has 22 heavy (non-hydrogen) atoms. The average Bonchev–Trinajstić information content (AvgIpc) is 3.13. The third kappa shape index (κ3) is 3.95. The number of hydrogen-bond acceptors (Lipinski definition) is 4. The molecule has 1 aliphatic rings. The molecule has 5 heteroatoms. The summed E-state index contributed by atoms with van der Waals surface area (Å²) in [4.78, 5) is 11.9. The van der Waals surface area contributed by atoms with Crippen LogP contribution in [0.3, 0.4) is 0 Å². The fraction of sp³-hybridized carbons (Fsp3) is 0.412. The van der Waals surface area contributed by atoms with Gasteiger partial charge in [-0.3, -0.25) is 10.1 Å². The van der Waals surface area contributed by atoms with E-state index in [2.05, 4.69) is 27.9 Å². The number of carbonyl (C=O) groups is 1. The SMILES string of the molecule is Cc1cc(NC(=O)Cc2ccc(CC3CCNC3)cc2)on1. The van der Waals surface area contributed by atoms with Gasteiger partial charge < -0.3 is 9.84 Å². The topological polar surface area (TPSA) is 67.2 Å². The number of nitrogens with one attached hydrogen (secondary N) is 2. The van der Waals surface area contributed by atoms with Crippen LogP contribution in [0, 0.1) is 12.8 Å². The van der Waals surface area contributed by atoms with Crippen LogP contribution in [0.25, 0.3) is 0 Å². The van der Waals surface area contributed by atoms with Crippen LogP contribution >= 0.6 is 0 Å². The van der Waals surface area contributed by atoms with Crippen LogP contribution in [0.1, 0.15) is 23.2 Å². The number of benzene rings is 1. The minimum absolute atomic E-state index is 0.0936. The van der Waals surface area contributed by atoms with Gasteiger partial charge in [-0.25, -0.2) is 0 Å². The highest BCUT2D eigenvalue weighted by Gasteiger charge is 2.14. The van der Waals surface area contributed by atoms with Gasteiger partial charge in [0, 0.05) is 6.07 Å². The fourth-order valence-electron chi connectivity index (χ4n) is 2.80. The largest absolute Gasteiger partial charge is 0.338 e. The zero-order chi connectivity index (χ0) is 15.4. The Bertz CT molecular complexity index is 628. The van der Waals surface area contributed by atoms with Crippen molar-refractivity contribution >= 4 is 11.8 Å². The van der Waals surface area contributed by atoms with Gasteiger partial charge in [0.05, 0.1) is 12.1 Å². The molecule has 0 aliphatic carbocycles. The highest BCUT2D eigenvalue weighted by Crippen LogP contribution is 2.16. The highest BCUT2D eigenvalue weighted by molar-refractivity contribution is 5.90. The Hall–Kier alpha value is -2.14. The molecule has 3 rings (SSSR count). The van der Waals surface area contributed by atoms with Crippen LogP contribution < -0.4 is 10.6 Å². The van der Waals surface area contributed by atoms with Crippen molar-refractivity contribution in [3.05, 3.63) is 47.2 Å². The minimum atomic E-state index is -0.0936. The van der Waals surface area contributed by atoms with Gasteiger partial charge in [-0.1, -0.05) is 29.4 Å². The first-order chi connectivity index (χ1) is 10.7. The molecule has 1 aliphatic heterocycles. The van der Waals surface area contributed by atoms with Gasteiger partial charge in [-0.15, -0.1) is 0 Å². The minimum Gasteiger partial charge on any atom is -0.338 e. The monoisotopic (exact) mass is 299 g/mol. The van der Waals surface area contributed by atoms with Crippen LogP contribution in [-0.4, -0.2) is 24.2 Å². The van der Waals surface area contributed by atoms with Crippen LogP contribution in [0.5, 0.6) is 0 Å². The van der Waals surface area contributed by atoms with Crippen LogP contribution in [0.2, 0.25) is 0 Å². The summed E-state index contributed by atoms with van der Waals surface area (Å²) >= 11 is 0. The number of carbonyl (C=O) groups excluding carboxylic acids is 1. The number of nitrogens with zero attached hydrogens (tertiary/aromatic N) is 1. The van der Waals surface area contributed by atoms with Crippen molar-refractivity contribution < 1.29 is 9.32 Å². The lowest BCUT2D eigenvalue weighted by Gasteiger charge is -2.09. The summed E-state index contributed by atoms with van der Waals surface area (Å²) in [6.45, 7) is 4.06. The number of aryl methyl sites for hydroxylation is 1. The molecule has 1 unspecified atom stereocenters. The maximum atomic E-state index is 11.9. The van der Waals surface area contributed by atoms with Crippen molar-refractivity contribution in [2.75, 3.05) is 18.4 Å². The van der Waals surface area contributed by atoms with E-state index in [1.165, 1.54) is 12.0 Å². The molecular weight excluding hydrogens is 278 g/mol. The number of aromatic nitrogens is 1. The van der Waals surface area contributed by atoms with E-state index in [0.29, 0.717) is 12.3 Å². The van der Waals surface area contributed by atoms with Gasteiger partial charge in [0.25, 0.3) is 0 Å². The van der Waals surface area contributed by atoms with Gasteiger partial charge >= 0.3 is 0 Å². The molecule has 116 valence electrons. The van der Waals surface area contributed by atoms with Crippen LogP contribution in [0.4, 0.5) is 5.88 Å². The summed E-state index contributed by atoms with van der Waals surface area (Å²) in [6.07, 6.45) is 2.70. The molecule has 2 aromatic rings. The Morgan fingerprint density at radius 2 is 2.14 bits per heavy atom. The molecule has 1 amide bonds. The van der Waals surface area contributed by atoms with Gasteiger partial charge in [-0.05, 0) is 49.9 Å². The molecule has 2 N–H and O–H groups in total. The summed E-state index contributed by atoms with van der Waals surface area (Å²) < 4.78 is 4.98. The fourth-order valence-corrected chi connectivity index (χ4v) is 2.80. The summed E-state index contributed by atoms with van der Waals surface area (Å²) in [5.41, 5.74) is 3.09. The molecule has 1 fully saturated rings. The summed E-state index contributed by atoms with van der Waals surface area (Å²) in [7, 11) is 0. The van der Waals surface area contributed by atoms with E-state index in [0.717, 1.165) is 36.7 Å². The average molecular weight is 299 g/mol. The van der Waals surface area contributed by atoms with Crippen molar-refractivity contribution in [1.82, 2.24) is 10.5 Å². The third-order valence-corrected chi connectivity index (χ3v) is 3.96. The Morgan fingerprint density at radius 3 is 2.77 bits per heavy atom. The maximum absolute atomic E-state index is 11.9. The highest BCUT2D eigenvalue weighted by atomic mass is 16.5. The lowest BCUT2D eigenvalue weighted by atomic mass is 9.97. The second-order valence-corrected chi connectivity index (χ2v) is 5.94. The molecule has 0 saturated carbocycles. The zero-order valence-corrected chi connectivity index (χ0v) is 12.8. The molecule has 1 atom stereocenters. The van der Waals surface area contributed by atoms with Crippen molar-refractivity contribution in [1.29, 1.82) is 0 Å². The Morgan fingerprint density at radius 1 is 1.36 bits per heavy atom. The molecule has 5 nitrogen and oxygen atoms in total. The van der Waals surface area contributed by atoms with Crippen molar-refractivity contribution in [3.8, 4) is 0 Å². The predicted octanol–water partition coefficient (Wildman–Crippen LogP) is 2.32. The first-order valence-electron chi connectivity index (χ1n) is 7.71. The Balaban J connectivity index is 1.52. The van der Waals surface area contributed by atoms with E-state index >= 15 is 0 Å². The normalized spacial score (nSPS) is 17.6. The molecule has 1 aromatic heterocycles. The van der Waals surface area contributed by atoms with Crippen molar-refractivity contribution in [3.63, 3.8) is 0 Å². The van der Waals surface area contributed by atoms with Crippen molar-refractivity contribution in [2.24, 2.45) is 5.92 Å². The molecule has 2 heterocycles. The number of rotatable bonds is 5. The number of anilines is 1. The molecular formula is C17H21N3O2. The molecule has 0 bridgehead atoms. The predicted molar refractivity (Wildman–Crippen MR) is 84.7 cm³/mol. The lowest BCUT2D eigenvalue weighted by Crippen LogP contribution is -2.14. The summed E-state index contributed by atoms with van der Waals surface area (Å²) in [6, 6.07) is 10.0. The second kappa shape index (κ2) is 6.75. The Kier molecular flexibility index (Phi) is 4.53. The maximum Gasteiger partial charge on any atom is 0.231 e. The quantitative estimate of drug-likeness (QED) is 0.889. The molecule has 1 aromatic carbocycles. The number of hydrogen-bond donors (Lipinski definition) is 2. The number of amides is 1. The van der Waals surface area contributed by atoms with E-state index in [9.17, 15) is 4.79 Å². The van der Waals surface area contributed by atoms with E-state index in [1.807, 2.05) is 19.1 Å². The van der Waals surface area contributed by atoms with Gasteiger partial charge in [-0.2, -0.15) is 0 Å². The van der Waals surface area contributed by atoms with Crippen LogP contribution in [-0.2, 0) is 17.6 Å². The third-order valence-electron chi connectivity index (χ3n) is 3.96. The lowest BCUT2D eigenvalue weighted by molar-refractivity contribution is -0.115. The smallest absolute Gasteiger partial charge is 0.231 e. The van der Waals surface area contributed by atoms with E-state index in [1.54, 1.807) is 6.07 Å². The van der Waals surface area contributed by atoms with E-state index in [4.69, 9.17) is 4.52 Å². The van der Waals surface area contributed by atoms with Gasteiger partial charge in [0.2, 0.25) is 11.8 Å². The second-order valence-electron chi connectivity index (χ2n) is 5.94. The first-order valence-corrected chi connectivity index (χ1v) is 7.71. The van der Waals surface area contributed by atoms with E-state index < -0.39 is 0 Å². The molecule has 1 saturated heterocycles.